The van der Waals surface area contributed by atoms with Gasteiger partial charge in [-0.05, 0) is 38.3 Å². The van der Waals surface area contributed by atoms with Gasteiger partial charge in [-0.15, -0.1) is 0 Å². The van der Waals surface area contributed by atoms with E-state index in [4.69, 9.17) is 5.41 Å². The average molecular weight is 188 g/mol. The van der Waals surface area contributed by atoms with Crippen LogP contribution in [-0.4, -0.2) is 28.6 Å². The Labute approximate surface area is 75.9 Å². The van der Waals surface area contributed by atoms with Crippen molar-refractivity contribution in [3.8, 4) is 0 Å². The summed E-state index contributed by atoms with van der Waals surface area (Å²) in [6.07, 6.45) is 3.42. The van der Waals surface area contributed by atoms with Crippen molar-refractivity contribution in [2.75, 3.05) is 18.8 Å². The van der Waals surface area contributed by atoms with Gasteiger partial charge in [0.25, 0.3) is 0 Å². The van der Waals surface area contributed by atoms with Crippen molar-refractivity contribution in [1.29, 1.82) is 5.41 Å². The van der Waals surface area contributed by atoms with Crippen LogP contribution in [0.5, 0.6) is 0 Å². The van der Waals surface area contributed by atoms with Crippen molar-refractivity contribution < 1.29 is 4.21 Å². The molecule has 2 N–H and O–H groups in total. The zero-order valence-electron chi connectivity index (χ0n) is 7.21. The zero-order valence-corrected chi connectivity index (χ0v) is 8.03. The molecule has 1 fully saturated rings. The van der Waals surface area contributed by atoms with Crippen LogP contribution in [0.2, 0.25) is 0 Å². The highest BCUT2D eigenvalue weighted by Gasteiger charge is 2.12. The molecule has 1 saturated heterocycles. The van der Waals surface area contributed by atoms with Crippen LogP contribution in [0.25, 0.3) is 0 Å². The third-order valence-electron chi connectivity index (χ3n) is 2.32. The number of hydrogen-bond acceptors (Lipinski definition) is 3. The number of rotatable bonds is 4. The summed E-state index contributed by atoms with van der Waals surface area (Å²) < 4.78 is 10.9. The fourth-order valence-electron chi connectivity index (χ4n) is 1.51. The Kier molecular flexibility index (Phi) is 4.46. The molecule has 1 unspecified atom stereocenters. The molecular formula is C8H16N2OS. The fraction of sp³-hybridized carbons (Fsp3) is 0.875. The Bertz CT molecular complexity index is 166. The van der Waals surface area contributed by atoms with E-state index in [9.17, 15) is 4.21 Å². The fourth-order valence-corrected chi connectivity index (χ4v) is 2.20. The third kappa shape index (κ3) is 3.45. The maximum Gasteiger partial charge on any atom is 0.0818 e. The second-order valence-electron chi connectivity index (χ2n) is 3.18. The van der Waals surface area contributed by atoms with Crippen molar-refractivity contribution >= 4 is 16.3 Å². The highest BCUT2D eigenvalue weighted by atomic mass is 32.2. The van der Waals surface area contributed by atoms with Gasteiger partial charge in [0.05, 0.1) is 16.3 Å². The summed E-state index contributed by atoms with van der Waals surface area (Å²) >= 11 is 0. The predicted octanol–water partition coefficient (Wildman–Crippen LogP) is 0.732. The first-order valence-electron chi connectivity index (χ1n) is 4.41. The minimum absolute atomic E-state index is 0.675. The van der Waals surface area contributed by atoms with Gasteiger partial charge >= 0.3 is 0 Å². The highest BCUT2D eigenvalue weighted by Crippen LogP contribution is 2.15. The van der Waals surface area contributed by atoms with Gasteiger partial charge in [0.15, 0.2) is 0 Å². The lowest BCUT2D eigenvalue weighted by molar-refractivity contribution is 0.367. The summed E-state index contributed by atoms with van der Waals surface area (Å²) in [5.41, 5.74) is 1.04. The van der Waals surface area contributed by atoms with Gasteiger partial charge in [0, 0.05) is 5.75 Å². The molecule has 0 aromatic heterocycles. The average Bonchev–Trinajstić information content (AvgIpc) is 2.16. The maximum absolute atomic E-state index is 10.9. The summed E-state index contributed by atoms with van der Waals surface area (Å²) in [6.45, 7) is 2.20. The molecule has 1 heterocycles. The van der Waals surface area contributed by atoms with Gasteiger partial charge in [-0.2, -0.15) is 0 Å². The van der Waals surface area contributed by atoms with Crippen LogP contribution in [0.3, 0.4) is 0 Å². The summed E-state index contributed by atoms with van der Waals surface area (Å²) in [7, 11) is -1.01. The molecule has 4 heteroatoms. The minimum atomic E-state index is -1.01. The maximum atomic E-state index is 10.9. The van der Waals surface area contributed by atoms with E-state index in [0.29, 0.717) is 5.75 Å². The lowest BCUT2D eigenvalue weighted by atomic mass is 9.96. The minimum Gasteiger partial charge on any atom is -0.317 e. The first-order chi connectivity index (χ1) is 5.83. The van der Waals surface area contributed by atoms with E-state index in [1.54, 1.807) is 0 Å². The molecule has 0 aromatic carbocycles. The topological polar surface area (TPSA) is 53.0 Å². The van der Waals surface area contributed by atoms with Crippen molar-refractivity contribution in [2.24, 2.45) is 5.92 Å². The normalized spacial score (nSPS) is 22.0. The molecule has 0 amide bonds. The van der Waals surface area contributed by atoms with E-state index in [1.807, 2.05) is 0 Å². The quantitative estimate of drug-likeness (QED) is 0.505. The lowest BCUT2D eigenvalue weighted by Crippen LogP contribution is -2.28. The molecule has 70 valence electrons. The Balaban J connectivity index is 2.12. The van der Waals surface area contributed by atoms with Crippen LogP contribution in [0.4, 0.5) is 0 Å². The van der Waals surface area contributed by atoms with E-state index >= 15 is 0 Å². The molecule has 1 aliphatic rings. The standard InChI is InChI=1S/C8H16N2OS/c9-7-12(11)6-3-8-1-4-10-5-2-8/h7-10H,1-6H2. The number of hydrogen-bond donors (Lipinski definition) is 2. The first kappa shape index (κ1) is 9.86. The van der Waals surface area contributed by atoms with Crippen LogP contribution in [0.15, 0.2) is 0 Å². The van der Waals surface area contributed by atoms with Gasteiger partial charge in [0.2, 0.25) is 0 Å². The molecule has 12 heavy (non-hydrogen) atoms. The molecule has 0 spiro atoms. The first-order valence-corrected chi connectivity index (χ1v) is 5.79. The summed E-state index contributed by atoms with van der Waals surface area (Å²) in [4.78, 5) is 0. The summed E-state index contributed by atoms with van der Waals surface area (Å²) in [5, 5.41) is 10.1. The number of nitrogens with one attached hydrogen (secondary N) is 2. The molecule has 0 bridgehead atoms. The van der Waals surface area contributed by atoms with E-state index in [-0.39, 0.29) is 0 Å². The largest absolute Gasteiger partial charge is 0.317 e. The highest BCUT2D eigenvalue weighted by molar-refractivity contribution is 7.98. The smallest absolute Gasteiger partial charge is 0.0818 e. The molecule has 0 aliphatic carbocycles. The molecule has 0 radical (unpaired) electrons. The Hall–Kier alpha value is -0.220. The molecule has 1 atom stereocenters. The third-order valence-corrected chi connectivity index (χ3v) is 3.22. The van der Waals surface area contributed by atoms with Gasteiger partial charge in [-0.3, -0.25) is 9.62 Å². The Morgan fingerprint density at radius 2 is 2.17 bits per heavy atom. The second kappa shape index (κ2) is 5.43. The van der Waals surface area contributed by atoms with E-state index in [2.05, 4.69) is 5.32 Å². The Morgan fingerprint density at radius 3 is 2.75 bits per heavy atom. The monoisotopic (exact) mass is 188 g/mol. The SMILES string of the molecule is N=CS(=O)CCC1CCNCC1. The predicted molar refractivity (Wildman–Crippen MR) is 52.0 cm³/mol. The zero-order chi connectivity index (χ0) is 8.81. The summed E-state index contributed by atoms with van der Waals surface area (Å²) in [5.74, 6) is 1.41. The van der Waals surface area contributed by atoms with Gasteiger partial charge in [-0.25, -0.2) is 0 Å². The molecule has 1 aliphatic heterocycles. The van der Waals surface area contributed by atoms with Gasteiger partial charge in [0.1, 0.15) is 0 Å². The number of piperidine rings is 1. The van der Waals surface area contributed by atoms with Crippen molar-refractivity contribution in [2.45, 2.75) is 19.3 Å². The second-order valence-corrected chi connectivity index (χ2v) is 4.59. The van der Waals surface area contributed by atoms with Crippen LogP contribution < -0.4 is 5.32 Å². The van der Waals surface area contributed by atoms with Gasteiger partial charge in [-0.1, -0.05) is 0 Å². The molecule has 3 nitrogen and oxygen atoms in total. The van der Waals surface area contributed by atoms with Crippen LogP contribution in [0.1, 0.15) is 19.3 Å². The molecule has 0 aromatic rings. The molecular weight excluding hydrogens is 172 g/mol. The van der Waals surface area contributed by atoms with E-state index in [0.717, 1.165) is 31.0 Å². The van der Waals surface area contributed by atoms with Crippen molar-refractivity contribution in [1.82, 2.24) is 5.32 Å². The lowest BCUT2D eigenvalue weighted by Gasteiger charge is -2.21. The van der Waals surface area contributed by atoms with E-state index < -0.39 is 10.8 Å². The van der Waals surface area contributed by atoms with Crippen molar-refractivity contribution in [3.63, 3.8) is 0 Å². The van der Waals surface area contributed by atoms with Crippen LogP contribution in [-0.2, 0) is 10.8 Å². The molecule has 1 rings (SSSR count). The molecule has 0 saturated carbocycles. The van der Waals surface area contributed by atoms with Crippen molar-refractivity contribution in [3.05, 3.63) is 0 Å². The van der Waals surface area contributed by atoms with Crippen LogP contribution in [0, 0.1) is 11.3 Å². The Morgan fingerprint density at radius 1 is 1.50 bits per heavy atom. The summed E-state index contributed by atoms with van der Waals surface area (Å²) in [6, 6.07) is 0. The van der Waals surface area contributed by atoms with E-state index in [1.165, 1.54) is 12.8 Å². The van der Waals surface area contributed by atoms with Crippen LogP contribution >= 0.6 is 0 Å². The van der Waals surface area contributed by atoms with Gasteiger partial charge < -0.3 is 5.32 Å².